The number of primary amides is 1. The lowest BCUT2D eigenvalue weighted by molar-refractivity contribution is -0.134. The van der Waals surface area contributed by atoms with Gasteiger partial charge in [-0.2, -0.15) is 0 Å². The maximum absolute atomic E-state index is 12.6. The van der Waals surface area contributed by atoms with Gasteiger partial charge in [0.1, 0.15) is 0 Å². The molecule has 5 nitrogen and oxygen atoms in total. The van der Waals surface area contributed by atoms with Gasteiger partial charge in [-0.05, 0) is 37.3 Å². The van der Waals surface area contributed by atoms with Crippen LogP contribution in [0.4, 0.5) is 0 Å². The van der Waals surface area contributed by atoms with E-state index in [-0.39, 0.29) is 17.7 Å². The normalized spacial score (nSPS) is 25.8. The molecule has 2 heterocycles. The number of aromatic nitrogens is 1. The van der Waals surface area contributed by atoms with E-state index in [1.807, 2.05) is 35.2 Å². The molecule has 2 aromatic rings. The molecule has 1 aliphatic carbocycles. The van der Waals surface area contributed by atoms with E-state index in [1.165, 1.54) is 0 Å². The summed E-state index contributed by atoms with van der Waals surface area (Å²) in [6.45, 7) is 3.56. The Balaban J connectivity index is 1.66. The van der Waals surface area contributed by atoms with Gasteiger partial charge in [0.25, 0.3) is 5.91 Å². The van der Waals surface area contributed by atoms with Crippen molar-refractivity contribution in [3.63, 3.8) is 0 Å². The van der Waals surface area contributed by atoms with Gasteiger partial charge in [-0.1, -0.05) is 25.1 Å². The molecule has 1 saturated heterocycles. The number of benzene rings is 1. The monoisotopic (exact) mass is 337 g/mol. The van der Waals surface area contributed by atoms with Gasteiger partial charge in [-0.15, -0.1) is 0 Å². The van der Waals surface area contributed by atoms with Crippen LogP contribution in [-0.4, -0.2) is 34.8 Å². The number of nitrogens with two attached hydrogens (primary N) is 1. The number of rotatable bonds is 3. The summed E-state index contributed by atoms with van der Waals surface area (Å²) in [7, 11) is 0. The van der Waals surface area contributed by atoms with Crippen molar-refractivity contribution in [3.05, 3.63) is 41.6 Å². The first-order valence-electron chi connectivity index (χ1n) is 9.03. The second kappa shape index (κ2) is 6.14. The molecule has 2 fully saturated rings. The zero-order chi connectivity index (χ0) is 17.6. The second-order valence-corrected chi connectivity index (χ2v) is 7.42. The van der Waals surface area contributed by atoms with Crippen LogP contribution in [-0.2, 0) is 4.79 Å². The summed E-state index contributed by atoms with van der Waals surface area (Å²) in [5.74, 6) is 0.580. The number of hydrogen-bond donors (Lipinski definition) is 1. The molecule has 5 heteroatoms. The number of fused-ring (bicyclic) bond motifs is 1. The summed E-state index contributed by atoms with van der Waals surface area (Å²) in [5.41, 5.74) is 7.71. The number of carbonyl (C=O) groups is 2. The lowest BCUT2D eigenvalue weighted by Crippen LogP contribution is -2.40. The minimum atomic E-state index is -0.451. The lowest BCUT2D eigenvalue weighted by Gasteiger charge is -2.33. The first-order chi connectivity index (χ1) is 12.0. The number of likely N-dealkylation sites (tertiary alicyclic amines) is 1. The minimum absolute atomic E-state index is 0.0684. The Morgan fingerprint density at radius 2 is 2.04 bits per heavy atom. The van der Waals surface area contributed by atoms with Gasteiger partial charge in [0.05, 0.1) is 16.8 Å². The Hall–Kier alpha value is -2.43. The Kier molecular flexibility index (Phi) is 3.94. The predicted octanol–water partition coefficient (Wildman–Crippen LogP) is 2.70. The van der Waals surface area contributed by atoms with E-state index in [2.05, 4.69) is 6.92 Å². The zero-order valence-electron chi connectivity index (χ0n) is 14.4. The molecular weight excluding hydrogens is 314 g/mol. The van der Waals surface area contributed by atoms with Crippen LogP contribution in [0.1, 0.15) is 48.2 Å². The smallest absolute Gasteiger partial charge is 0.250 e. The van der Waals surface area contributed by atoms with Crippen molar-refractivity contribution in [2.45, 2.75) is 32.1 Å². The number of pyridine rings is 1. The lowest BCUT2D eigenvalue weighted by atomic mass is 9.90. The third-order valence-electron chi connectivity index (χ3n) is 5.57. The van der Waals surface area contributed by atoms with Gasteiger partial charge in [-0.3, -0.25) is 14.6 Å². The standard InChI is InChI=1S/C20H23N3O2/c1-12-9-15(12)20(25)23-8-4-6-14(11-23)18-16(19(21)24)10-13-5-2-3-7-17(13)22-18/h2-3,5,7,10,12,14-15H,4,6,8-9,11H2,1H3,(H2,21,24)/t12-,14+,15-/m1/s1. The van der Waals surface area contributed by atoms with E-state index in [0.29, 0.717) is 18.0 Å². The van der Waals surface area contributed by atoms with Crippen LogP contribution in [0.5, 0.6) is 0 Å². The number of carbonyl (C=O) groups excluding carboxylic acids is 2. The van der Waals surface area contributed by atoms with Crippen LogP contribution >= 0.6 is 0 Å². The second-order valence-electron chi connectivity index (χ2n) is 7.42. The van der Waals surface area contributed by atoms with Gasteiger partial charge in [-0.25, -0.2) is 0 Å². The quantitative estimate of drug-likeness (QED) is 0.935. The van der Waals surface area contributed by atoms with E-state index in [0.717, 1.165) is 42.4 Å². The fourth-order valence-corrected chi connectivity index (χ4v) is 3.94. The van der Waals surface area contributed by atoms with Gasteiger partial charge in [0, 0.05) is 30.3 Å². The molecule has 1 aromatic heterocycles. The first kappa shape index (κ1) is 16.1. The SMILES string of the molecule is C[C@@H]1C[C@H]1C(=O)N1CCC[C@H](c2nc3ccccc3cc2C(N)=O)C1. The summed E-state index contributed by atoms with van der Waals surface area (Å²) in [5, 5.41) is 0.913. The molecule has 2 N–H and O–H groups in total. The number of nitrogens with zero attached hydrogens (tertiary/aromatic N) is 2. The summed E-state index contributed by atoms with van der Waals surface area (Å²) >= 11 is 0. The van der Waals surface area contributed by atoms with Crippen LogP contribution in [0.2, 0.25) is 0 Å². The molecule has 0 radical (unpaired) electrons. The molecule has 0 spiro atoms. The fourth-order valence-electron chi connectivity index (χ4n) is 3.94. The van der Waals surface area contributed by atoms with Crippen LogP contribution in [0.25, 0.3) is 10.9 Å². The Morgan fingerprint density at radius 3 is 2.76 bits per heavy atom. The molecule has 25 heavy (non-hydrogen) atoms. The Labute approximate surface area is 147 Å². The van der Waals surface area contributed by atoms with Crippen LogP contribution in [0.3, 0.4) is 0 Å². The van der Waals surface area contributed by atoms with Crippen LogP contribution in [0.15, 0.2) is 30.3 Å². The van der Waals surface area contributed by atoms with E-state index < -0.39 is 5.91 Å². The van der Waals surface area contributed by atoms with Crippen molar-refractivity contribution in [2.75, 3.05) is 13.1 Å². The average Bonchev–Trinajstić information content (AvgIpc) is 3.36. The summed E-state index contributed by atoms with van der Waals surface area (Å²) in [6.07, 6.45) is 2.86. The molecule has 0 unspecified atom stereocenters. The van der Waals surface area contributed by atoms with E-state index in [4.69, 9.17) is 10.7 Å². The molecule has 130 valence electrons. The first-order valence-corrected chi connectivity index (χ1v) is 9.03. The van der Waals surface area contributed by atoms with Gasteiger partial charge in [0.15, 0.2) is 0 Å². The molecule has 0 bridgehead atoms. The third-order valence-corrected chi connectivity index (χ3v) is 5.57. The van der Waals surface area contributed by atoms with Crippen molar-refractivity contribution >= 4 is 22.7 Å². The van der Waals surface area contributed by atoms with E-state index >= 15 is 0 Å². The highest BCUT2D eigenvalue weighted by atomic mass is 16.2. The molecular formula is C20H23N3O2. The topological polar surface area (TPSA) is 76.3 Å². The number of piperidine rings is 1. The van der Waals surface area contributed by atoms with E-state index in [1.54, 1.807) is 0 Å². The molecule has 1 aromatic carbocycles. The van der Waals surface area contributed by atoms with Crippen LogP contribution < -0.4 is 5.73 Å². The summed E-state index contributed by atoms with van der Waals surface area (Å²) in [4.78, 5) is 31.3. The highest BCUT2D eigenvalue weighted by Crippen LogP contribution is 2.40. The van der Waals surface area contributed by atoms with E-state index in [9.17, 15) is 9.59 Å². The van der Waals surface area contributed by atoms with Crippen molar-refractivity contribution in [2.24, 2.45) is 17.6 Å². The van der Waals surface area contributed by atoms with Gasteiger partial charge >= 0.3 is 0 Å². The third kappa shape index (κ3) is 2.99. The molecule has 1 aliphatic heterocycles. The van der Waals surface area contributed by atoms with Gasteiger partial charge in [0.2, 0.25) is 5.91 Å². The summed E-state index contributed by atoms with van der Waals surface area (Å²) in [6, 6.07) is 9.58. The predicted molar refractivity (Wildman–Crippen MR) is 96.1 cm³/mol. The van der Waals surface area contributed by atoms with Crippen molar-refractivity contribution in [1.82, 2.24) is 9.88 Å². The number of para-hydroxylation sites is 1. The molecule has 4 rings (SSSR count). The fraction of sp³-hybridized carbons (Fsp3) is 0.450. The molecule has 1 saturated carbocycles. The number of amides is 2. The Morgan fingerprint density at radius 1 is 1.28 bits per heavy atom. The average molecular weight is 337 g/mol. The highest BCUT2D eigenvalue weighted by molar-refractivity contribution is 5.97. The highest BCUT2D eigenvalue weighted by Gasteiger charge is 2.42. The zero-order valence-corrected chi connectivity index (χ0v) is 14.4. The minimum Gasteiger partial charge on any atom is -0.366 e. The van der Waals surface area contributed by atoms with Gasteiger partial charge < -0.3 is 10.6 Å². The number of hydrogen-bond acceptors (Lipinski definition) is 3. The molecule has 2 aliphatic rings. The largest absolute Gasteiger partial charge is 0.366 e. The van der Waals surface area contributed by atoms with Crippen LogP contribution in [0, 0.1) is 11.8 Å². The molecule has 2 amide bonds. The Bertz CT molecular complexity index is 848. The maximum atomic E-state index is 12.6. The maximum Gasteiger partial charge on any atom is 0.250 e. The van der Waals surface area contributed by atoms with Crippen molar-refractivity contribution in [1.29, 1.82) is 0 Å². The van der Waals surface area contributed by atoms with Crippen molar-refractivity contribution < 1.29 is 9.59 Å². The molecule has 3 atom stereocenters. The van der Waals surface area contributed by atoms with Crippen molar-refractivity contribution in [3.8, 4) is 0 Å². The summed E-state index contributed by atoms with van der Waals surface area (Å²) < 4.78 is 0.